The second kappa shape index (κ2) is 22.3. The molecule has 57 heavy (non-hydrogen) atoms. The van der Waals surface area contributed by atoms with Crippen LogP contribution in [0.2, 0.25) is 10.0 Å². The number of nitrogens with zero attached hydrogens (tertiary/aromatic N) is 8. The van der Waals surface area contributed by atoms with E-state index in [0.717, 1.165) is 72.1 Å². The van der Waals surface area contributed by atoms with Gasteiger partial charge in [0.05, 0.1) is 28.0 Å². The lowest BCUT2D eigenvalue weighted by atomic mass is 9.89. The van der Waals surface area contributed by atoms with Crippen molar-refractivity contribution in [2.75, 3.05) is 26.2 Å². The van der Waals surface area contributed by atoms with Gasteiger partial charge >= 0.3 is 0 Å². The number of azide groups is 2. The Kier molecular flexibility index (Phi) is 17.3. The lowest BCUT2D eigenvalue weighted by Crippen LogP contribution is -2.44. The predicted octanol–water partition coefficient (Wildman–Crippen LogP) is 10.2. The van der Waals surface area contributed by atoms with Crippen molar-refractivity contribution in [3.05, 3.63) is 125 Å². The van der Waals surface area contributed by atoms with Crippen LogP contribution in [0.25, 0.3) is 20.9 Å². The van der Waals surface area contributed by atoms with Crippen molar-refractivity contribution < 1.29 is 17.5 Å². The van der Waals surface area contributed by atoms with Gasteiger partial charge in [0, 0.05) is 38.0 Å². The quantitative estimate of drug-likeness (QED) is 0.0494. The third-order valence-electron chi connectivity index (χ3n) is 11.3. The molecule has 0 radical (unpaired) electrons. The van der Waals surface area contributed by atoms with E-state index in [2.05, 4.69) is 54.5 Å². The third kappa shape index (κ3) is 13.9. The zero-order valence-corrected chi connectivity index (χ0v) is 34.3. The molecule has 2 saturated heterocycles. The van der Waals surface area contributed by atoms with Crippen molar-refractivity contribution in [1.29, 1.82) is 0 Å². The van der Waals surface area contributed by atoms with Gasteiger partial charge in [0.1, 0.15) is 0 Å². The molecule has 4 atom stereocenters. The largest absolute Gasteiger partial charge is 0.317 e. The Morgan fingerprint density at radius 2 is 1.25 bits per heavy atom. The molecule has 3 aromatic rings. The Balaban J connectivity index is 0.000000167. The molecular formula is C40H51Cl2N9O5S. The summed E-state index contributed by atoms with van der Waals surface area (Å²) in [5.41, 5.74) is 19.7. The minimum Gasteiger partial charge on any atom is -0.317 e. The first-order valence-corrected chi connectivity index (χ1v) is 21.9. The van der Waals surface area contributed by atoms with E-state index in [9.17, 15) is 18.5 Å². The number of rotatable bonds is 11. The summed E-state index contributed by atoms with van der Waals surface area (Å²) in [5.74, 6) is 1.62. The molecule has 2 aliphatic carbocycles. The molecule has 17 heteroatoms. The minimum atomic E-state index is -4.04. The average molecular weight is 841 g/mol. The lowest BCUT2D eigenvalue weighted by molar-refractivity contribution is -0.384. The molecule has 1 N–H and O–H groups in total. The summed E-state index contributed by atoms with van der Waals surface area (Å²) in [4.78, 5) is 18.0. The molecule has 2 saturated carbocycles. The van der Waals surface area contributed by atoms with Crippen molar-refractivity contribution in [2.45, 2.75) is 106 Å². The fourth-order valence-corrected chi connectivity index (χ4v) is 9.58. The van der Waals surface area contributed by atoms with Crippen LogP contribution in [0.3, 0.4) is 0 Å². The molecule has 0 aromatic heterocycles. The summed E-state index contributed by atoms with van der Waals surface area (Å²) >= 11 is 11.8. The van der Waals surface area contributed by atoms with Gasteiger partial charge in [0.25, 0.3) is 15.8 Å². The van der Waals surface area contributed by atoms with E-state index in [4.69, 9.17) is 38.4 Å². The Morgan fingerprint density at radius 1 is 0.737 bits per heavy atom. The van der Waals surface area contributed by atoms with E-state index in [-0.39, 0.29) is 16.6 Å². The normalized spacial score (nSPS) is 22.8. The van der Waals surface area contributed by atoms with Gasteiger partial charge in [-0.05, 0) is 161 Å². The Labute approximate surface area is 344 Å². The SMILES string of the molecule is Clc1ccc(CC2CCNCC2)cc1.[N-]=[N+]=N[C@@H]1CCC[C@@H]1N1CCC(Cc2ccc(Cl)cc2)CC1.[N-]=[N+]=N[C@@H]1CCC[C@H]1OS(=O)(=O)c1ccc([N+](=O)[O-])cc1. The van der Waals surface area contributed by atoms with Gasteiger partial charge in [-0.15, -0.1) is 0 Å². The van der Waals surface area contributed by atoms with Gasteiger partial charge in [-0.1, -0.05) is 70.5 Å². The highest BCUT2D eigenvalue weighted by molar-refractivity contribution is 7.86. The van der Waals surface area contributed by atoms with Crippen LogP contribution in [0.15, 0.2) is 87.9 Å². The van der Waals surface area contributed by atoms with Gasteiger partial charge in [0.15, 0.2) is 0 Å². The first kappa shape index (κ1) is 44.2. The highest BCUT2D eigenvalue weighted by Crippen LogP contribution is 2.32. The number of benzene rings is 3. The van der Waals surface area contributed by atoms with Crippen molar-refractivity contribution in [1.82, 2.24) is 10.2 Å². The van der Waals surface area contributed by atoms with E-state index in [1.165, 1.54) is 69.2 Å². The Hall–Kier alpha value is -3.91. The number of likely N-dealkylation sites (tertiary alicyclic amines) is 1. The smallest absolute Gasteiger partial charge is 0.297 e. The van der Waals surface area contributed by atoms with Crippen molar-refractivity contribution in [3.63, 3.8) is 0 Å². The van der Waals surface area contributed by atoms with Crippen molar-refractivity contribution in [2.24, 2.45) is 22.1 Å². The van der Waals surface area contributed by atoms with Crippen molar-refractivity contribution in [3.8, 4) is 0 Å². The number of piperidine rings is 2. The maximum absolute atomic E-state index is 12.1. The molecule has 0 unspecified atom stereocenters. The highest BCUT2D eigenvalue weighted by atomic mass is 35.5. The summed E-state index contributed by atoms with van der Waals surface area (Å²) in [6.45, 7) is 4.64. The van der Waals surface area contributed by atoms with Crippen LogP contribution in [0.1, 0.15) is 75.3 Å². The fourth-order valence-electron chi connectivity index (χ4n) is 8.20. The molecule has 2 heterocycles. The summed E-state index contributed by atoms with van der Waals surface area (Å²) in [6.07, 6.45) is 12.0. The van der Waals surface area contributed by atoms with Gasteiger partial charge in [-0.25, -0.2) is 0 Å². The predicted molar refractivity (Wildman–Crippen MR) is 223 cm³/mol. The van der Waals surface area contributed by atoms with E-state index in [1.807, 2.05) is 24.3 Å². The van der Waals surface area contributed by atoms with Crippen LogP contribution in [0.5, 0.6) is 0 Å². The lowest BCUT2D eigenvalue weighted by Gasteiger charge is -2.37. The highest BCUT2D eigenvalue weighted by Gasteiger charge is 2.34. The Bertz CT molecular complexity index is 1930. The maximum Gasteiger partial charge on any atom is 0.297 e. The van der Waals surface area contributed by atoms with E-state index in [1.54, 1.807) is 0 Å². The number of hydrogen-bond donors (Lipinski definition) is 1. The molecule has 0 bridgehead atoms. The molecule has 2 aliphatic heterocycles. The average Bonchev–Trinajstić information content (AvgIpc) is 3.87. The topological polar surface area (TPSA) is 199 Å². The monoisotopic (exact) mass is 839 g/mol. The van der Waals surface area contributed by atoms with Gasteiger partial charge < -0.3 is 5.32 Å². The van der Waals surface area contributed by atoms with Gasteiger partial charge in [-0.3, -0.25) is 19.2 Å². The van der Waals surface area contributed by atoms with Crippen molar-refractivity contribution >= 4 is 39.0 Å². The first-order valence-electron chi connectivity index (χ1n) is 19.7. The first-order chi connectivity index (χ1) is 27.5. The molecular weight excluding hydrogens is 789 g/mol. The van der Waals surface area contributed by atoms with Crippen LogP contribution in [-0.2, 0) is 27.1 Å². The fraction of sp³-hybridized carbons (Fsp3) is 0.550. The summed E-state index contributed by atoms with van der Waals surface area (Å²) < 4.78 is 29.3. The molecule has 4 fully saturated rings. The number of nitro benzene ring substituents is 1. The number of nitro groups is 1. The second-order valence-corrected chi connectivity index (χ2v) is 17.6. The molecule has 4 aliphatic rings. The van der Waals surface area contributed by atoms with Crippen LogP contribution < -0.4 is 5.32 Å². The molecule has 3 aromatic carbocycles. The zero-order chi connectivity index (χ0) is 40.6. The maximum atomic E-state index is 12.1. The molecule has 7 rings (SSSR count). The van der Waals surface area contributed by atoms with Crippen LogP contribution in [0.4, 0.5) is 5.69 Å². The second-order valence-electron chi connectivity index (χ2n) is 15.1. The summed E-state index contributed by atoms with van der Waals surface area (Å²) in [6, 6.07) is 21.1. The number of halogens is 2. The van der Waals surface area contributed by atoms with E-state index < -0.39 is 27.2 Å². The van der Waals surface area contributed by atoms with Crippen LogP contribution in [-0.4, -0.2) is 68.6 Å². The minimum absolute atomic E-state index is 0.167. The van der Waals surface area contributed by atoms with Crippen LogP contribution >= 0.6 is 23.2 Å². The summed E-state index contributed by atoms with van der Waals surface area (Å²) in [5, 5.41) is 23.1. The molecule has 0 amide bonds. The van der Waals surface area contributed by atoms with Crippen LogP contribution in [0, 0.1) is 22.0 Å². The number of nitrogens with one attached hydrogen (secondary N) is 1. The third-order valence-corrected chi connectivity index (χ3v) is 13.2. The standard InChI is InChI=1S/C17H23ClN4.C12H16ClN.C11H12N4O5S/c18-15-6-4-13(5-7-15)12-14-8-10-22(11-9-14)17-3-1-2-16(17)20-21-19;13-12-3-1-10(2-4-12)9-11-5-7-14-8-6-11;12-14-13-10-2-1-3-11(10)20-21(18,19)9-6-4-8(5-7-9)15(16)17/h4-7,14,16-17H,1-3,8-12H2;1-4,11,14H,5-9H2;4-7,10-11H,1-3H2/t16-,17+;;10-,11-/m1.1/s1. The zero-order valence-electron chi connectivity index (χ0n) is 32.0. The summed E-state index contributed by atoms with van der Waals surface area (Å²) in [7, 11) is -4.04. The molecule has 14 nitrogen and oxygen atoms in total. The molecule has 306 valence electrons. The van der Waals surface area contributed by atoms with Gasteiger partial charge in [0.2, 0.25) is 0 Å². The number of hydrogen-bond acceptors (Lipinski definition) is 9. The number of non-ortho nitro benzene ring substituents is 1. The Morgan fingerprint density at radius 3 is 1.79 bits per heavy atom. The van der Waals surface area contributed by atoms with E-state index in [0.29, 0.717) is 25.3 Å². The van der Waals surface area contributed by atoms with E-state index >= 15 is 0 Å². The van der Waals surface area contributed by atoms with Gasteiger partial charge in [-0.2, -0.15) is 8.42 Å². The molecule has 0 spiro atoms.